The third-order valence-electron chi connectivity index (χ3n) is 2.12. The van der Waals surface area contributed by atoms with Crippen LogP contribution in [0.4, 0.5) is 0 Å². The fourth-order valence-electron chi connectivity index (χ4n) is 1.43. The van der Waals surface area contributed by atoms with Crippen LogP contribution in [0.5, 0.6) is 0 Å². The standard InChI is InChI=1S/C10H10N2O2/c13-8-6-11-10(14)9(12-8)7-4-2-1-3-5-7/h1-5,9H,6H2,(H,11,14)(H,12,13). The Labute approximate surface area is 81.3 Å². The van der Waals surface area contributed by atoms with E-state index in [-0.39, 0.29) is 18.4 Å². The maximum Gasteiger partial charge on any atom is 0.247 e. The van der Waals surface area contributed by atoms with Crippen LogP contribution >= 0.6 is 0 Å². The van der Waals surface area contributed by atoms with Crippen molar-refractivity contribution in [3.05, 3.63) is 35.9 Å². The molecule has 1 saturated heterocycles. The van der Waals surface area contributed by atoms with Crippen LogP contribution in [0, 0.1) is 0 Å². The highest BCUT2D eigenvalue weighted by molar-refractivity contribution is 5.95. The van der Waals surface area contributed by atoms with Crippen molar-refractivity contribution in [1.29, 1.82) is 0 Å². The molecule has 14 heavy (non-hydrogen) atoms. The largest absolute Gasteiger partial charge is 0.345 e. The molecule has 72 valence electrons. The molecule has 1 unspecified atom stereocenters. The smallest absolute Gasteiger partial charge is 0.247 e. The average molecular weight is 190 g/mol. The molecule has 0 aromatic heterocycles. The molecule has 1 aromatic rings. The lowest BCUT2D eigenvalue weighted by atomic mass is 10.1. The summed E-state index contributed by atoms with van der Waals surface area (Å²) in [7, 11) is 0. The predicted molar refractivity (Wildman–Crippen MR) is 50.3 cm³/mol. The summed E-state index contributed by atoms with van der Waals surface area (Å²) in [5.74, 6) is -0.311. The van der Waals surface area contributed by atoms with Crippen molar-refractivity contribution >= 4 is 11.8 Å². The topological polar surface area (TPSA) is 58.2 Å². The van der Waals surface area contributed by atoms with Crippen LogP contribution in [0.3, 0.4) is 0 Å². The lowest BCUT2D eigenvalue weighted by Crippen LogP contribution is -2.50. The zero-order valence-electron chi connectivity index (χ0n) is 7.49. The Hall–Kier alpha value is -1.84. The van der Waals surface area contributed by atoms with Crippen LogP contribution in [0.1, 0.15) is 11.6 Å². The van der Waals surface area contributed by atoms with Gasteiger partial charge in [-0.1, -0.05) is 30.3 Å². The van der Waals surface area contributed by atoms with Gasteiger partial charge in [0.2, 0.25) is 11.8 Å². The summed E-state index contributed by atoms with van der Waals surface area (Å²) < 4.78 is 0. The monoisotopic (exact) mass is 190 g/mol. The van der Waals surface area contributed by atoms with E-state index in [0.717, 1.165) is 5.56 Å². The first-order valence-electron chi connectivity index (χ1n) is 4.39. The molecule has 4 heteroatoms. The van der Waals surface area contributed by atoms with Crippen molar-refractivity contribution in [2.75, 3.05) is 6.54 Å². The minimum atomic E-state index is -0.544. The van der Waals surface area contributed by atoms with Crippen LogP contribution in [0.15, 0.2) is 30.3 Å². The van der Waals surface area contributed by atoms with Gasteiger partial charge in [-0.25, -0.2) is 0 Å². The first-order valence-corrected chi connectivity index (χ1v) is 4.39. The molecule has 1 atom stereocenters. The second-order valence-corrected chi connectivity index (χ2v) is 3.13. The number of nitrogens with one attached hydrogen (secondary N) is 2. The molecule has 4 nitrogen and oxygen atoms in total. The van der Waals surface area contributed by atoms with Gasteiger partial charge in [0.15, 0.2) is 0 Å². The van der Waals surface area contributed by atoms with Crippen molar-refractivity contribution in [1.82, 2.24) is 10.6 Å². The van der Waals surface area contributed by atoms with Gasteiger partial charge < -0.3 is 10.6 Å². The van der Waals surface area contributed by atoms with Gasteiger partial charge in [0.25, 0.3) is 0 Å². The van der Waals surface area contributed by atoms with Gasteiger partial charge in [0, 0.05) is 0 Å². The molecule has 1 fully saturated rings. The highest BCUT2D eigenvalue weighted by Crippen LogP contribution is 2.13. The van der Waals surface area contributed by atoms with Gasteiger partial charge in [-0.2, -0.15) is 0 Å². The summed E-state index contributed by atoms with van der Waals surface area (Å²) >= 11 is 0. The first kappa shape index (κ1) is 8.74. The van der Waals surface area contributed by atoms with Gasteiger partial charge in [-0.05, 0) is 5.56 Å². The fraction of sp³-hybridized carbons (Fsp3) is 0.200. The quantitative estimate of drug-likeness (QED) is 0.653. The molecular formula is C10H10N2O2. The molecule has 0 saturated carbocycles. The van der Waals surface area contributed by atoms with Crippen LogP contribution < -0.4 is 10.6 Å². The van der Waals surface area contributed by atoms with Crippen LogP contribution in [0.25, 0.3) is 0 Å². The lowest BCUT2D eigenvalue weighted by molar-refractivity contribution is -0.133. The van der Waals surface area contributed by atoms with E-state index in [9.17, 15) is 9.59 Å². The number of piperazine rings is 1. The van der Waals surface area contributed by atoms with Crippen molar-refractivity contribution in [2.24, 2.45) is 0 Å². The number of benzene rings is 1. The van der Waals surface area contributed by atoms with Crippen molar-refractivity contribution in [2.45, 2.75) is 6.04 Å². The molecule has 2 rings (SSSR count). The summed E-state index contributed by atoms with van der Waals surface area (Å²) in [4.78, 5) is 22.5. The predicted octanol–water partition coefficient (Wildman–Crippen LogP) is -0.0263. The Morgan fingerprint density at radius 3 is 2.57 bits per heavy atom. The molecule has 0 bridgehead atoms. The Morgan fingerprint density at radius 1 is 1.14 bits per heavy atom. The van der Waals surface area contributed by atoms with E-state index in [1.807, 2.05) is 30.3 Å². The maximum absolute atomic E-state index is 11.4. The van der Waals surface area contributed by atoms with E-state index in [2.05, 4.69) is 10.6 Å². The number of amides is 2. The Morgan fingerprint density at radius 2 is 1.86 bits per heavy atom. The van der Waals surface area contributed by atoms with E-state index in [1.165, 1.54) is 0 Å². The third kappa shape index (κ3) is 1.59. The van der Waals surface area contributed by atoms with Crippen molar-refractivity contribution < 1.29 is 9.59 Å². The summed E-state index contributed by atoms with van der Waals surface area (Å²) in [5.41, 5.74) is 0.804. The van der Waals surface area contributed by atoms with Gasteiger partial charge in [0.05, 0.1) is 6.54 Å². The molecule has 1 aliphatic heterocycles. The van der Waals surface area contributed by atoms with E-state index in [0.29, 0.717) is 0 Å². The van der Waals surface area contributed by atoms with Gasteiger partial charge in [-0.3, -0.25) is 9.59 Å². The van der Waals surface area contributed by atoms with Crippen LogP contribution in [0.2, 0.25) is 0 Å². The molecule has 2 N–H and O–H groups in total. The summed E-state index contributed by atoms with van der Waals surface area (Å²) in [5, 5.41) is 5.16. The van der Waals surface area contributed by atoms with Gasteiger partial charge in [-0.15, -0.1) is 0 Å². The minimum Gasteiger partial charge on any atom is -0.345 e. The normalized spacial score (nSPS) is 21.3. The number of rotatable bonds is 1. The molecule has 0 spiro atoms. The summed E-state index contributed by atoms with van der Waals surface area (Å²) in [6.45, 7) is 0.0716. The third-order valence-corrected chi connectivity index (χ3v) is 2.12. The highest BCUT2D eigenvalue weighted by atomic mass is 16.2. The number of carbonyl (C=O) groups excluding carboxylic acids is 2. The highest BCUT2D eigenvalue weighted by Gasteiger charge is 2.26. The second kappa shape index (κ2) is 3.49. The van der Waals surface area contributed by atoms with E-state index in [4.69, 9.17) is 0 Å². The average Bonchev–Trinajstić information content (AvgIpc) is 2.23. The number of hydrogen-bond acceptors (Lipinski definition) is 2. The fourth-order valence-corrected chi connectivity index (χ4v) is 1.43. The van der Waals surface area contributed by atoms with Crippen molar-refractivity contribution in [3.8, 4) is 0 Å². The minimum absolute atomic E-state index is 0.0716. The van der Waals surface area contributed by atoms with Gasteiger partial charge in [0.1, 0.15) is 6.04 Å². The van der Waals surface area contributed by atoms with Gasteiger partial charge >= 0.3 is 0 Å². The first-order chi connectivity index (χ1) is 6.77. The zero-order valence-corrected chi connectivity index (χ0v) is 7.49. The second-order valence-electron chi connectivity index (χ2n) is 3.13. The summed E-state index contributed by atoms with van der Waals surface area (Å²) in [6.07, 6.45) is 0. The maximum atomic E-state index is 11.4. The molecule has 1 aliphatic rings. The van der Waals surface area contributed by atoms with Crippen LogP contribution in [-0.4, -0.2) is 18.4 Å². The number of carbonyl (C=O) groups is 2. The zero-order chi connectivity index (χ0) is 9.97. The SMILES string of the molecule is O=C1CNC(=O)C(c2ccccc2)N1. The molecular weight excluding hydrogens is 180 g/mol. The van der Waals surface area contributed by atoms with E-state index < -0.39 is 6.04 Å². The molecule has 0 aliphatic carbocycles. The number of hydrogen-bond donors (Lipinski definition) is 2. The Bertz CT molecular complexity index is 362. The Balaban J connectivity index is 2.24. The lowest BCUT2D eigenvalue weighted by Gasteiger charge is -2.23. The van der Waals surface area contributed by atoms with Crippen molar-refractivity contribution in [3.63, 3.8) is 0 Å². The Kier molecular flexibility index (Phi) is 2.18. The molecule has 2 amide bonds. The molecule has 1 heterocycles. The molecule has 1 aromatic carbocycles. The van der Waals surface area contributed by atoms with E-state index in [1.54, 1.807) is 0 Å². The van der Waals surface area contributed by atoms with Crippen LogP contribution in [-0.2, 0) is 9.59 Å². The molecule has 0 radical (unpaired) electrons. The van der Waals surface area contributed by atoms with E-state index >= 15 is 0 Å². The summed E-state index contributed by atoms with van der Waals surface area (Å²) in [6, 6.07) is 8.63.